The molecule has 2 aromatic heterocycles. The van der Waals surface area contributed by atoms with E-state index in [0.29, 0.717) is 0 Å². The number of nitrogens with zero attached hydrogens (tertiary/aromatic N) is 4. The molecule has 0 amide bonds. The standard InChI is InChI=1S/C12H18N4/c1-10-11(2)16(9-13-10)6-4-5-12-7-14-15(3)8-12/h7-9H,4-6H2,1-3H3. The van der Waals surface area contributed by atoms with Gasteiger partial charge in [-0.3, -0.25) is 4.68 Å². The highest BCUT2D eigenvalue weighted by Gasteiger charge is 2.02. The minimum atomic E-state index is 1.03. The molecule has 0 bridgehead atoms. The zero-order valence-corrected chi connectivity index (χ0v) is 10.1. The lowest BCUT2D eigenvalue weighted by Gasteiger charge is -2.04. The Hall–Kier alpha value is -1.58. The Bertz CT molecular complexity index is 467. The second kappa shape index (κ2) is 4.51. The first-order valence-corrected chi connectivity index (χ1v) is 5.62. The minimum Gasteiger partial charge on any atom is -0.335 e. The molecule has 0 atom stereocenters. The summed E-state index contributed by atoms with van der Waals surface area (Å²) in [5.41, 5.74) is 3.70. The van der Waals surface area contributed by atoms with Crippen molar-refractivity contribution in [3.63, 3.8) is 0 Å². The fourth-order valence-corrected chi connectivity index (χ4v) is 1.82. The lowest BCUT2D eigenvalue weighted by molar-refractivity contribution is 0.628. The van der Waals surface area contributed by atoms with Crippen LogP contribution in [0.2, 0.25) is 0 Å². The highest BCUT2D eigenvalue weighted by atomic mass is 15.2. The van der Waals surface area contributed by atoms with E-state index in [4.69, 9.17) is 0 Å². The van der Waals surface area contributed by atoms with Gasteiger partial charge in [0, 0.05) is 25.5 Å². The number of imidazole rings is 1. The smallest absolute Gasteiger partial charge is 0.0951 e. The third kappa shape index (κ3) is 2.32. The van der Waals surface area contributed by atoms with Crippen LogP contribution in [-0.2, 0) is 20.0 Å². The van der Waals surface area contributed by atoms with Gasteiger partial charge in [-0.1, -0.05) is 0 Å². The molecule has 4 nitrogen and oxygen atoms in total. The summed E-state index contributed by atoms with van der Waals surface area (Å²) in [4.78, 5) is 4.29. The highest BCUT2D eigenvalue weighted by molar-refractivity contribution is 5.08. The van der Waals surface area contributed by atoms with Crippen molar-refractivity contribution in [3.8, 4) is 0 Å². The van der Waals surface area contributed by atoms with Gasteiger partial charge >= 0.3 is 0 Å². The molecule has 0 N–H and O–H groups in total. The van der Waals surface area contributed by atoms with Crippen molar-refractivity contribution in [2.75, 3.05) is 0 Å². The number of hydrogen-bond donors (Lipinski definition) is 0. The Labute approximate surface area is 95.9 Å². The summed E-state index contributed by atoms with van der Waals surface area (Å²) in [5, 5.41) is 4.16. The Balaban J connectivity index is 1.86. The van der Waals surface area contributed by atoms with Gasteiger partial charge in [0.15, 0.2) is 0 Å². The summed E-state index contributed by atoms with van der Waals surface area (Å²) in [7, 11) is 1.95. The lowest BCUT2D eigenvalue weighted by Crippen LogP contribution is -2.00. The molecule has 0 fully saturated rings. The topological polar surface area (TPSA) is 35.6 Å². The van der Waals surface area contributed by atoms with E-state index in [1.807, 2.05) is 31.2 Å². The molecule has 0 saturated heterocycles. The number of rotatable bonds is 4. The van der Waals surface area contributed by atoms with E-state index >= 15 is 0 Å². The molecule has 16 heavy (non-hydrogen) atoms. The van der Waals surface area contributed by atoms with Gasteiger partial charge in [0.1, 0.15) is 0 Å². The summed E-state index contributed by atoms with van der Waals surface area (Å²) in [5.74, 6) is 0. The molecular formula is C12H18N4. The first-order chi connectivity index (χ1) is 7.66. The maximum absolute atomic E-state index is 4.29. The normalized spacial score (nSPS) is 10.9. The minimum absolute atomic E-state index is 1.03. The summed E-state index contributed by atoms with van der Waals surface area (Å²) >= 11 is 0. The monoisotopic (exact) mass is 218 g/mol. The van der Waals surface area contributed by atoms with Crippen molar-refractivity contribution in [3.05, 3.63) is 35.7 Å². The number of aromatic nitrogens is 4. The first kappa shape index (κ1) is 10.9. The van der Waals surface area contributed by atoms with Crippen LogP contribution >= 0.6 is 0 Å². The summed E-state index contributed by atoms with van der Waals surface area (Å²) in [6, 6.07) is 0. The SMILES string of the molecule is Cc1ncn(CCCc2cnn(C)c2)c1C. The van der Waals surface area contributed by atoms with E-state index in [-0.39, 0.29) is 0 Å². The predicted molar refractivity (Wildman–Crippen MR) is 63.2 cm³/mol. The average Bonchev–Trinajstić information content (AvgIpc) is 2.79. The third-order valence-electron chi connectivity index (χ3n) is 2.97. The quantitative estimate of drug-likeness (QED) is 0.785. The second-order valence-corrected chi connectivity index (χ2v) is 4.23. The zero-order chi connectivity index (χ0) is 11.5. The molecule has 0 spiro atoms. The van der Waals surface area contributed by atoms with Crippen LogP contribution in [0.25, 0.3) is 0 Å². The highest BCUT2D eigenvalue weighted by Crippen LogP contribution is 2.07. The second-order valence-electron chi connectivity index (χ2n) is 4.23. The molecule has 86 valence electrons. The van der Waals surface area contributed by atoms with E-state index in [1.165, 1.54) is 11.3 Å². The van der Waals surface area contributed by atoms with Crippen molar-refractivity contribution < 1.29 is 0 Å². The van der Waals surface area contributed by atoms with Gasteiger partial charge in [-0.05, 0) is 32.3 Å². The Morgan fingerprint density at radius 1 is 1.31 bits per heavy atom. The van der Waals surface area contributed by atoms with Gasteiger partial charge in [-0.2, -0.15) is 5.10 Å². The predicted octanol–water partition coefficient (Wildman–Crippen LogP) is 1.87. The summed E-state index contributed by atoms with van der Waals surface area (Å²) in [6.07, 6.45) is 8.14. The average molecular weight is 218 g/mol. The van der Waals surface area contributed by atoms with Crippen LogP contribution in [0, 0.1) is 13.8 Å². The van der Waals surface area contributed by atoms with E-state index in [2.05, 4.69) is 27.8 Å². The van der Waals surface area contributed by atoms with Crippen LogP contribution in [0.3, 0.4) is 0 Å². The molecule has 0 saturated carbocycles. The van der Waals surface area contributed by atoms with Gasteiger partial charge in [-0.25, -0.2) is 4.98 Å². The molecule has 2 rings (SSSR count). The van der Waals surface area contributed by atoms with Crippen LogP contribution < -0.4 is 0 Å². The molecule has 4 heteroatoms. The summed E-state index contributed by atoms with van der Waals surface area (Å²) < 4.78 is 4.06. The molecular weight excluding hydrogens is 200 g/mol. The van der Waals surface area contributed by atoms with Gasteiger partial charge < -0.3 is 4.57 Å². The van der Waals surface area contributed by atoms with Crippen LogP contribution in [0.5, 0.6) is 0 Å². The Morgan fingerprint density at radius 2 is 2.12 bits per heavy atom. The van der Waals surface area contributed by atoms with Crippen LogP contribution in [0.1, 0.15) is 23.4 Å². The van der Waals surface area contributed by atoms with Crippen LogP contribution in [0.4, 0.5) is 0 Å². The van der Waals surface area contributed by atoms with Crippen LogP contribution in [0.15, 0.2) is 18.7 Å². The molecule has 2 aromatic rings. The Kier molecular flexibility index (Phi) is 3.08. The molecule has 0 radical (unpaired) electrons. The summed E-state index contributed by atoms with van der Waals surface area (Å²) in [6.45, 7) is 5.20. The van der Waals surface area contributed by atoms with E-state index in [0.717, 1.165) is 25.1 Å². The van der Waals surface area contributed by atoms with Crippen LogP contribution in [-0.4, -0.2) is 19.3 Å². The van der Waals surface area contributed by atoms with Gasteiger partial charge in [0.25, 0.3) is 0 Å². The van der Waals surface area contributed by atoms with Gasteiger partial charge in [-0.15, -0.1) is 0 Å². The van der Waals surface area contributed by atoms with E-state index < -0.39 is 0 Å². The van der Waals surface area contributed by atoms with Gasteiger partial charge in [0.2, 0.25) is 0 Å². The largest absolute Gasteiger partial charge is 0.335 e. The molecule has 0 aliphatic heterocycles. The van der Waals surface area contributed by atoms with E-state index in [1.54, 1.807) is 0 Å². The van der Waals surface area contributed by atoms with Crippen molar-refractivity contribution in [2.45, 2.75) is 33.2 Å². The maximum atomic E-state index is 4.29. The molecule has 0 aromatic carbocycles. The molecule has 2 heterocycles. The maximum Gasteiger partial charge on any atom is 0.0951 e. The van der Waals surface area contributed by atoms with Crippen molar-refractivity contribution in [1.29, 1.82) is 0 Å². The van der Waals surface area contributed by atoms with Crippen molar-refractivity contribution in [2.24, 2.45) is 7.05 Å². The molecule has 0 unspecified atom stereocenters. The van der Waals surface area contributed by atoms with E-state index in [9.17, 15) is 0 Å². The van der Waals surface area contributed by atoms with Gasteiger partial charge in [0.05, 0.1) is 18.2 Å². The van der Waals surface area contributed by atoms with Crippen molar-refractivity contribution >= 4 is 0 Å². The fraction of sp³-hybridized carbons (Fsp3) is 0.500. The molecule has 0 aliphatic rings. The number of aryl methyl sites for hydroxylation is 4. The fourth-order valence-electron chi connectivity index (χ4n) is 1.82. The zero-order valence-electron chi connectivity index (χ0n) is 10.1. The lowest BCUT2D eigenvalue weighted by atomic mass is 10.2. The third-order valence-corrected chi connectivity index (χ3v) is 2.97. The number of hydrogen-bond acceptors (Lipinski definition) is 2. The Morgan fingerprint density at radius 3 is 2.69 bits per heavy atom. The van der Waals surface area contributed by atoms with Crippen molar-refractivity contribution in [1.82, 2.24) is 19.3 Å². The first-order valence-electron chi connectivity index (χ1n) is 5.62. The molecule has 0 aliphatic carbocycles.